The average molecular weight is 413 g/mol. The Morgan fingerprint density at radius 3 is 2.30 bits per heavy atom. The summed E-state index contributed by atoms with van der Waals surface area (Å²) >= 11 is 11.9. The van der Waals surface area contributed by atoms with Crippen molar-refractivity contribution >= 4 is 23.2 Å². The minimum absolute atomic E-state index is 0.101. The molecule has 6 heteroatoms. The molecule has 0 saturated carbocycles. The van der Waals surface area contributed by atoms with Gasteiger partial charge in [0.2, 0.25) is 0 Å². The summed E-state index contributed by atoms with van der Waals surface area (Å²) in [5.41, 5.74) is 1.91. The van der Waals surface area contributed by atoms with Gasteiger partial charge in [0.05, 0.1) is 17.5 Å². The molecule has 0 bridgehead atoms. The van der Waals surface area contributed by atoms with E-state index in [0.29, 0.717) is 23.8 Å². The number of rotatable bonds is 10. The van der Waals surface area contributed by atoms with Crippen LogP contribution in [-0.2, 0) is 5.41 Å². The molecule has 0 saturated heterocycles. The van der Waals surface area contributed by atoms with Gasteiger partial charge in [-0.2, -0.15) is 0 Å². The van der Waals surface area contributed by atoms with Gasteiger partial charge in [-0.3, -0.25) is 0 Å². The SMILES string of the molecule is CC(C)(c1ccc(OCCCO)cc1)c1ccc(OCC(O)CCl)c(Cl)c1. The highest BCUT2D eigenvalue weighted by Crippen LogP contribution is 2.36. The van der Waals surface area contributed by atoms with Crippen molar-refractivity contribution in [3.05, 3.63) is 58.6 Å². The third-order valence-electron chi connectivity index (χ3n) is 4.41. The van der Waals surface area contributed by atoms with Crippen LogP contribution in [0.2, 0.25) is 5.02 Å². The maximum Gasteiger partial charge on any atom is 0.138 e. The van der Waals surface area contributed by atoms with E-state index in [-0.39, 0.29) is 24.5 Å². The van der Waals surface area contributed by atoms with Gasteiger partial charge in [0.15, 0.2) is 0 Å². The van der Waals surface area contributed by atoms with Crippen molar-refractivity contribution in [3.63, 3.8) is 0 Å². The van der Waals surface area contributed by atoms with Crippen molar-refractivity contribution in [1.29, 1.82) is 0 Å². The van der Waals surface area contributed by atoms with Crippen LogP contribution in [0, 0.1) is 0 Å². The zero-order chi connectivity index (χ0) is 19.9. The average Bonchev–Trinajstić information content (AvgIpc) is 2.67. The summed E-state index contributed by atoms with van der Waals surface area (Å²) in [5.74, 6) is 1.42. The van der Waals surface area contributed by atoms with Crippen LogP contribution in [0.4, 0.5) is 0 Å². The minimum Gasteiger partial charge on any atom is -0.494 e. The van der Waals surface area contributed by atoms with E-state index in [4.69, 9.17) is 37.8 Å². The van der Waals surface area contributed by atoms with E-state index in [1.807, 2.05) is 42.5 Å². The molecular formula is C21H26Cl2O4. The van der Waals surface area contributed by atoms with E-state index in [1.54, 1.807) is 0 Å². The largest absolute Gasteiger partial charge is 0.494 e. The van der Waals surface area contributed by atoms with Gasteiger partial charge < -0.3 is 19.7 Å². The summed E-state index contributed by atoms with van der Waals surface area (Å²) in [5, 5.41) is 18.8. The van der Waals surface area contributed by atoms with Crippen LogP contribution < -0.4 is 9.47 Å². The normalized spacial score (nSPS) is 12.7. The Morgan fingerprint density at radius 1 is 1.04 bits per heavy atom. The van der Waals surface area contributed by atoms with Gasteiger partial charge in [-0.1, -0.05) is 43.6 Å². The van der Waals surface area contributed by atoms with Crippen molar-refractivity contribution in [2.24, 2.45) is 0 Å². The molecule has 0 amide bonds. The Kier molecular flexibility index (Phi) is 8.24. The highest BCUT2D eigenvalue weighted by Gasteiger charge is 2.24. The van der Waals surface area contributed by atoms with Gasteiger partial charge in [0, 0.05) is 18.4 Å². The first-order valence-corrected chi connectivity index (χ1v) is 9.80. The first kappa shape index (κ1) is 21.8. The summed E-state index contributed by atoms with van der Waals surface area (Å²) in [4.78, 5) is 0. The Balaban J connectivity index is 2.12. The molecule has 0 aliphatic rings. The van der Waals surface area contributed by atoms with Gasteiger partial charge in [-0.05, 0) is 35.4 Å². The Hall–Kier alpha value is -1.46. The second-order valence-corrected chi connectivity index (χ2v) is 7.56. The molecular weight excluding hydrogens is 387 g/mol. The summed E-state index contributed by atoms with van der Waals surface area (Å²) in [6.45, 7) is 4.96. The van der Waals surface area contributed by atoms with Crippen LogP contribution in [-0.4, -0.2) is 42.0 Å². The molecule has 0 spiro atoms. The highest BCUT2D eigenvalue weighted by molar-refractivity contribution is 6.32. The number of halogens is 2. The smallest absolute Gasteiger partial charge is 0.138 e. The third kappa shape index (κ3) is 6.01. The molecule has 148 valence electrons. The number of hydrogen-bond acceptors (Lipinski definition) is 4. The number of hydrogen-bond donors (Lipinski definition) is 2. The van der Waals surface area contributed by atoms with Crippen molar-refractivity contribution < 1.29 is 19.7 Å². The molecule has 2 aromatic rings. The Labute approximate surface area is 170 Å². The van der Waals surface area contributed by atoms with E-state index in [0.717, 1.165) is 16.9 Å². The zero-order valence-electron chi connectivity index (χ0n) is 15.6. The van der Waals surface area contributed by atoms with Crippen LogP contribution in [0.15, 0.2) is 42.5 Å². The molecule has 1 atom stereocenters. The third-order valence-corrected chi connectivity index (χ3v) is 5.06. The van der Waals surface area contributed by atoms with Gasteiger partial charge >= 0.3 is 0 Å². The van der Waals surface area contributed by atoms with Gasteiger partial charge in [0.1, 0.15) is 24.2 Å². The van der Waals surface area contributed by atoms with Gasteiger partial charge in [-0.15, -0.1) is 11.6 Å². The summed E-state index contributed by atoms with van der Waals surface area (Å²) in [6.07, 6.45) is -0.112. The molecule has 2 rings (SSSR count). The van der Waals surface area contributed by atoms with Gasteiger partial charge in [0.25, 0.3) is 0 Å². The first-order valence-electron chi connectivity index (χ1n) is 8.89. The maximum absolute atomic E-state index is 9.51. The standard InChI is InChI=1S/C21H26Cl2O4/c1-21(2,15-4-7-18(8-5-15)26-11-3-10-24)16-6-9-20(19(23)12-16)27-14-17(25)13-22/h4-9,12,17,24-25H,3,10-11,13-14H2,1-2H3. The fourth-order valence-corrected chi connectivity index (χ4v) is 2.95. The molecule has 0 radical (unpaired) electrons. The predicted molar refractivity (Wildman–Crippen MR) is 109 cm³/mol. The molecule has 4 nitrogen and oxygen atoms in total. The van der Waals surface area contributed by atoms with E-state index in [9.17, 15) is 5.11 Å². The summed E-state index contributed by atoms with van der Waals surface area (Å²) in [6, 6.07) is 13.6. The predicted octanol–water partition coefficient (Wildman–Crippen LogP) is 4.41. The van der Waals surface area contributed by atoms with E-state index in [1.165, 1.54) is 0 Å². The van der Waals surface area contributed by atoms with Crippen molar-refractivity contribution in [3.8, 4) is 11.5 Å². The molecule has 2 N–H and O–H groups in total. The topological polar surface area (TPSA) is 58.9 Å². The second kappa shape index (κ2) is 10.2. The summed E-state index contributed by atoms with van der Waals surface area (Å²) < 4.78 is 11.1. The molecule has 0 heterocycles. The van der Waals surface area contributed by atoms with Crippen molar-refractivity contribution in [2.75, 3.05) is 25.7 Å². The lowest BCUT2D eigenvalue weighted by Crippen LogP contribution is -2.20. The lowest BCUT2D eigenvalue weighted by molar-refractivity contribution is 0.125. The monoisotopic (exact) mass is 412 g/mol. The molecule has 0 aromatic heterocycles. The fraction of sp³-hybridized carbons (Fsp3) is 0.429. The molecule has 1 unspecified atom stereocenters. The maximum atomic E-state index is 9.51. The Bertz CT molecular complexity index is 717. The highest BCUT2D eigenvalue weighted by atomic mass is 35.5. The van der Waals surface area contributed by atoms with Crippen LogP contribution in [0.25, 0.3) is 0 Å². The van der Waals surface area contributed by atoms with E-state index in [2.05, 4.69) is 13.8 Å². The van der Waals surface area contributed by atoms with Crippen LogP contribution in [0.3, 0.4) is 0 Å². The van der Waals surface area contributed by atoms with E-state index < -0.39 is 6.10 Å². The number of benzene rings is 2. The van der Waals surface area contributed by atoms with Crippen LogP contribution >= 0.6 is 23.2 Å². The lowest BCUT2D eigenvalue weighted by atomic mass is 9.78. The number of aliphatic hydroxyl groups is 2. The first-order chi connectivity index (χ1) is 12.9. The van der Waals surface area contributed by atoms with Crippen molar-refractivity contribution in [1.82, 2.24) is 0 Å². The Morgan fingerprint density at radius 2 is 1.70 bits per heavy atom. The fourth-order valence-electron chi connectivity index (χ4n) is 2.63. The summed E-state index contributed by atoms with van der Waals surface area (Å²) in [7, 11) is 0. The second-order valence-electron chi connectivity index (χ2n) is 6.84. The zero-order valence-corrected chi connectivity index (χ0v) is 17.1. The quantitative estimate of drug-likeness (QED) is 0.448. The van der Waals surface area contributed by atoms with Crippen LogP contribution in [0.5, 0.6) is 11.5 Å². The number of alkyl halides is 1. The van der Waals surface area contributed by atoms with E-state index >= 15 is 0 Å². The number of ether oxygens (including phenoxy) is 2. The van der Waals surface area contributed by atoms with Crippen molar-refractivity contribution in [2.45, 2.75) is 31.8 Å². The molecule has 0 aliphatic carbocycles. The minimum atomic E-state index is -0.725. The van der Waals surface area contributed by atoms with Gasteiger partial charge in [-0.25, -0.2) is 0 Å². The molecule has 2 aromatic carbocycles. The molecule has 0 aliphatic heterocycles. The lowest BCUT2D eigenvalue weighted by Gasteiger charge is -2.27. The molecule has 0 fully saturated rings. The van der Waals surface area contributed by atoms with Crippen LogP contribution in [0.1, 0.15) is 31.4 Å². The molecule has 27 heavy (non-hydrogen) atoms. The number of aliphatic hydroxyl groups excluding tert-OH is 2.